The standard InChI is InChI=1S/C12H16N2O5S/c1-8-4-5-9(12(16)17)6-10(8)13-11(15)7-14(2)20(3,18)19/h4-6H,7H2,1-3H3,(H,13,15)(H,16,17). The highest BCUT2D eigenvalue weighted by molar-refractivity contribution is 7.88. The van der Waals surface area contributed by atoms with Crippen LogP contribution in [-0.4, -0.2) is 49.6 Å². The zero-order chi connectivity index (χ0) is 15.5. The number of nitrogens with zero attached hydrogens (tertiary/aromatic N) is 1. The van der Waals surface area contributed by atoms with Crippen LogP contribution in [0.4, 0.5) is 5.69 Å². The number of likely N-dealkylation sites (N-methyl/N-ethyl adjacent to an activating group) is 1. The first-order chi connectivity index (χ1) is 9.11. The maximum Gasteiger partial charge on any atom is 0.335 e. The monoisotopic (exact) mass is 300 g/mol. The number of nitrogens with one attached hydrogen (secondary N) is 1. The van der Waals surface area contributed by atoms with E-state index < -0.39 is 21.9 Å². The fourth-order valence-electron chi connectivity index (χ4n) is 1.40. The summed E-state index contributed by atoms with van der Waals surface area (Å²) in [5.41, 5.74) is 1.07. The van der Waals surface area contributed by atoms with E-state index in [9.17, 15) is 18.0 Å². The van der Waals surface area contributed by atoms with Crippen molar-refractivity contribution in [2.24, 2.45) is 0 Å². The molecule has 0 aromatic heterocycles. The first-order valence-corrected chi connectivity index (χ1v) is 7.51. The molecule has 2 N–H and O–H groups in total. The SMILES string of the molecule is Cc1ccc(C(=O)O)cc1NC(=O)CN(C)S(C)(=O)=O. The minimum atomic E-state index is -3.44. The highest BCUT2D eigenvalue weighted by Crippen LogP contribution is 2.17. The molecule has 1 aromatic carbocycles. The second-order valence-electron chi connectivity index (χ2n) is 4.40. The molecule has 0 bridgehead atoms. The van der Waals surface area contributed by atoms with E-state index >= 15 is 0 Å². The van der Waals surface area contributed by atoms with Crippen molar-refractivity contribution in [3.8, 4) is 0 Å². The van der Waals surface area contributed by atoms with Crippen LogP contribution in [0.5, 0.6) is 0 Å². The summed E-state index contributed by atoms with van der Waals surface area (Å²) in [5, 5.41) is 11.4. The molecule has 20 heavy (non-hydrogen) atoms. The van der Waals surface area contributed by atoms with Crippen LogP contribution >= 0.6 is 0 Å². The maximum absolute atomic E-state index is 11.7. The predicted octanol–water partition coefficient (Wildman–Crippen LogP) is 0.523. The van der Waals surface area contributed by atoms with Gasteiger partial charge in [-0.3, -0.25) is 4.79 Å². The van der Waals surface area contributed by atoms with Crippen molar-refractivity contribution in [1.82, 2.24) is 4.31 Å². The Labute approximate surface area is 117 Å². The van der Waals surface area contributed by atoms with Crippen molar-refractivity contribution in [2.75, 3.05) is 25.2 Å². The van der Waals surface area contributed by atoms with E-state index in [1.54, 1.807) is 13.0 Å². The maximum atomic E-state index is 11.7. The molecule has 0 aliphatic heterocycles. The zero-order valence-corrected chi connectivity index (χ0v) is 12.2. The number of rotatable bonds is 5. The van der Waals surface area contributed by atoms with E-state index in [4.69, 9.17) is 5.11 Å². The van der Waals surface area contributed by atoms with Crippen molar-refractivity contribution in [3.63, 3.8) is 0 Å². The van der Waals surface area contributed by atoms with Crippen LogP contribution in [0.2, 0.25) is 0 Å². The van der Waals surface area contributed by atoms with Gasteiger partial charge in [0, 0.05) is 12.7 Å². The lowest BCUT2D eigenvalue weighted by molar-refractivity contribution is -0.116. The van der Waals surface area contributed by atoms with Gasteiger partial charge in [0.2, 0.25) is 15.9 Å². The van der Waals surface area contributed by atoms with Crippen LogP contribution in [0.3, 0.4) is 0 Å². The predicted molar refractivity (Wildman–Crippen MR) is 74.2 cm³/mol. The lowest BCUT2D eigenvalue weighted by atomic mass is 10.1. The third-order valence-corrected chi connectivity index (χ3v) is 3.95. The third-order valence-electron chi connectivity index (χ3n) is 2.69. The Morgan fingerprint density at radius 3 is 2.45 bits per heavy atom. The van der Waals surface area contributed by atoms with Crippen LogP contribution in [0.15, 0.2) is 18.2 Å². The Morgan fingerprint density at radius 1 is 1.35 bits per heavy atom. The fourth-order valence-corrected chi connectivity index (χ4v) is 1.75. The van der Waals surface area contributed by atoms with Crippen LogP contribution in [0, 0.1) is 6.92 Å². The number of carbonyl (C=O) groups excluding carboxylic acids is 1. The highest BCUT2D eigenvalue weighted by atomic mass is 32.2. The Hall–Kier alpha value is -1.93. The largest absolute Gasteiger partial charge is 0.478 e. The van der Waals surface area contributed by atoms with Crippen LogP contribution in [0.1, 0.15) is 15.9 Å². The topological polar surface area (TPSA) is 104 Å². The van der Waals surface area contributed by atoms with E-state index in [-0.39, 0.29) is 12.1 Å². The van der Waals surface area contributed by atoms with Gasteiger partial charge in [-0.25, -0.2) is 13.2 Å². The summed E-state index contributed by atoms with van der Waals surface area (Å²) in [6.07, 6.45) is 0.997. The number of carbonyl (C=O) groups is 2. The van der Waals surface area contributed by atoms with Crippen LogP contribution in [0.25, 0.3) is 0 Å². The van der Waals surface area contributed by atoms with Crippen molar-refractivity contribution < 1.29 is 23.1 Å². The molecule has 0 fully saturated rings. The molecule has 0 aliphatic carbocycles. The molecule has 110 valence electrons. The van der Waals surface area contributed by atoms with Crippen molar-refractivity contribution >= 4 is 27.6 Å². The Kier molecular flexibility index (Phi) is 4.85. The number of sulfonamides is 1. The first kappa shape index (κ1) is 16.1. The average Bonchev–Trinajstić information content (AvgIpc) is 2.30. The summed E-state index contributed by atoms with van der Waals surface area (Å²) in [6.45, 7) is 1.37. The molecule has 8 heteroatoms. The fraction of sp³-hybridized carbons (Fsp3) is 0.333. The normalized spacial score (nSPS) is 11.4. The number of carboxylic acids is 1. The first-order valence-electron chi connectivity index (χ1n) is 5.66. The van der Waals surface area contributed by atoms with Crippen molar-refractivity contribution in [1.29, 1.82) is 0 Å². The lowest BCUT2D eigenvalue weighted by Crippen LogP contribution is -2.34. The molecule has 0 radical (unpaired) electrons. The van der Waals surface area contributed by atoms with Gasteiger partial charge in [0.05, 0.1) is 18.4 Å². The Bertz CT molecular complexity index is 639. The number of anilines is 1. The number of benzene rings is 1. The molecule has 1 aromatic rings. The zero-order valence-electron chi connectivity index (χ0n) is 11.4. The summed E-state index contributed by atoms with van der Waals surface area (Å²) >= 11 is 0. The van der Waals surface area contributed by atoms with Gasteiger partial charge in [0.15, 0.2) is 0 Å². The van der Waals surface area contributed by atoms with Gasteiger partial charge in [-0.15, -0.1) is 0 Å². The van der Waals surface area contributed by atoms with Crippen molar-refractivity contribution in [3.05, 3.63) is 29.3 Å². The second-order valence-corrected chi connectivity index (χ2v) is 6.49. The number of aromatic carboxylic acids is 1. The molecule has 0 saturated heterocycles. The van der Waals surface area contributed by atoms with Crippen molar-refractivity contribution in [2.45, 2.75) is 6.92 Å². The molecule has 0 unspecified atom stereocenters. The van der Waals surface area contributed by atoms with Gasteiger partial charge < -0.3 is 10.4 Å². The Balaban J connectivity index is 2.86. The minimum Gasteiger partial charge on any atom is -0.478 e. The molecule has 0 heterocycles. The summed E-state index contributed by atoms with van der Waals surface area (Å²) < 4.78 is 23.3. The van der Waals surface area contributed by atoms with Crippen LogP contribution < -0.4 is 5.32 Å². The van der Waals surface area contributed by atoms with Gasteiger partial charge >= 0.3 is 5.97 Å². The van der Waals surface area contributed by atoms with E-state index in [0.717, 1.165) is 10.6 Å². The summed E-state index contributed by atoms with van der Waals surface area (Å²) in [4.78, 5) is 22.6. The van der Waals surface area contributed by atoms with Gasteiger partial charge in [0.25, 0.3) is 0 Å². The Morgan fingerprint density at radius 2 is 1.95 bits per heavy atom. The van der Waals surface area contributed by atoms with E-state index in [0.29, 0.717) is 11.3 Å². The summed E-state index contributed by atoms with van der Waals surface area (Å²) in [7, 11) is -2.16. The van der Waals surface area contributed by atoms with Gasteiger partial charge in [-0.1, -0.05) is 6.07 Å². The molecular weight excluding hydrogens is 284 g/mol. The molecular formula is C12H16N2O5S. The average molecular weight is 300 g/mol. The smallest absolute Gasteiger partial charge is 0.335 e. The number of hydrogen-bond acceptors (Lipinski definition) is 4. The molecule has 0 atom stereocenters. The summed E-state index contributed by atoms with van der Waals surface area (Å²) in [5.74, 6) is -1.64. The number of amides is 1. The molecule has 0 saturated carbocycles. The molecule has 1 rings (SSSR count). The highest BCUT2D eigenvalue weighted by Gasteiger charge is 2.16. The number of aryl methyl sites for hydroxylation is 1. The van der Waals surface area contributed by atoms with Gasteiger partial charge in [0.1, 0.15) is 0 Å². The van der Waals surface area contributed by atoms with E-state index in [1.807, 2.05) is 0 Å². The third kappa shape index (κ3) is 4.32. The van der Waals surface area contributed by atoms with Gasteiger partial charge in [-0.2, -0.15) is 4.31 Å². The minimum absolute atomic E-state index is 0.0439. The van der Waals surface area contributed by atoms with Gasteiger partial charge in [-0.05, 0) is 24.6 Å². The quantitative estimate of drug-likeness (QED) is 0.825. The lowest BCUT2D eigenvalue weighted by Gasteiger charge is -2.14. The molecule has 1 amide bonds. The van der Waals surface area contributed by atoms with E-state index in [1.165, 1.54) is 19.2 Å². The number of hydrogen-bond donors (Lipinski definition) is 2. The van der Waals surface area contributed by atoms with E-state index in [2.05, 4.69) is 5.32 Å². The summed E-state index contributed by atoms with van der Waals surface area (Å²) in [6, 6.07) is 4.32. The van der Waals surface area contributed by atoms with Crippen LogP contribution in [-0.2, 0) is 14.8 Å². The molecule has 7 nitrogen and oxygen atoms in total. The number of carboxylic acid groups (broad SMARTS) is 1. The molecule has 0 aliphatic rings. The second kappa shape index (κ2) is 6.02. The molecule has 0 spiro atoms.